The smallest absolute Gasteiger partial charge is 0.311 e. The van der Waals surface area contributed by atoms with E-state index in [0.717, 1.165) is 24.6 Å². The highest BCUT2D eigenvalue weighted by Crippen LogP contribution is 2.27. The molecule has 1 fully saturated rings. The van der Waals surface area contributed by atoms with Crippen LogP contribution in [0.2, 0.25) is 0 Å². The number of aromatic nitrogens is 2. The summed E-state index contributed by atoms with van der Waals surface area (Å²) in [6, 6.07) is 3.52. The normalized spacial score (nSPS) is 15.1. The molecule has 1 aliphatic carbocycles. The fourth-order valence-corrected chi connectivity index (χ4v) is 3.56. The van der Waals surface area contributed by atoms with Crippen molar-refractivity contribution in [2.24, 2.45) is 5.92 Å². The van der Waals surface area contributed by atoms with Gasteiger partial charge >= 0.3 is 5.97 Å². The lowest BCUT2D eigenvalue weighted by molar-refractivity contribution is -0.139. The van der Waals surface area contributed by atoms with Gasteiger partial charge in [-0.05, 0) is 24.5 Å². The summed E-state index contributed by atoms with van der Waals surface area (Å²) in [4.78, 5) is 30.5. The Bertz CT molecular complexity index is 841. The highest BCUT2D eigenvalue weighted by Gasteiger charge is 2.14. The molecular formula is C19H26N4O3. The minimum atomic E-state index is -0.497. The summed E-state index contributed by atoms with van der Waals surface area (Å²) in [5, 5.41) is 3.39. The van der Waals surface area contributed by atoms with Crippen LogP contribution in [0.3, 0.4) is 0 Å². The molecule has 0 atom stereocenters. The molecule has 0 spiro atoms. The monoisotopic (exact) mass is 358 g/mol. The van der Waals surface area contributed by atoms with Crippen molar-refractivity contribution in [3.63, 3.8) is 0 Å². The van der Waals surface area contributed by atoms with Crippen LogP contribution in [-0.4, -0.2) is 29.6 Å². The number of nitrogens with two attached hydrogens (primary N) is 1. The standard InChI is InChI=1S/C19H26N4O3/c1-26-18(24)11-17-19(25)23-15-9-13(20)14(10-16(15)22-17)21-8-7-12-5-3-2-4-6-12/h9-10,12,21H,2-8,11,20H2,1H3,(H,23,25). The van der Waals surface area contributed by atoms with Gasteiger partial charge in [0.2, 0.25) is 0 Å². The van der Waals surface area contributed by atoms with E-state index in [2.05, 4.69) is 20.0 Å². The van der Waals surface area contributed by atoms with Gasteiger partial charge in [-0.3, -0.25) is 9.59 Å². The zero-order chi connectivity index (χ0) is 18.5. The van der Waals surface area contributed by atoms with E-state index < -0.39 is 11.5 Å². The molecule has 0 saturated heterocycles. The number of H-pyrrole nitrogens is 1. The number of benzene rings is 1. The van der Waals surface area contributed by atoms with E-state index in [0.29, 0.717) is 16.7 Å². The van der Waals surface area contributed by atoms with Crippen LogP contribution in [0.1, 0.15) is 44.2 Å². The lowest BCUT2D eigenvalue weighted by Gasteiger charge is -2.22. The molecule has 3 rings (SSSR count). The number of hydrogen-bond donors (Lipinski definition) is 3. The van der Waals surface area contributed by atoms with Crippen molar-refractivity contribution in [1.29, 1.82) is 0 Å². The van der Waals surface area contributed by atoms with Crippen LogP contribution in [0, 0.1) is 5.92 Å². The Morgan fingerprint density at radius 3 is 2.85 bits per heavy atom. The molecule has 7 nitrogen and oxygen atoms in total. The summed E-state index contributed by atoms with van der Waals surface area (Å²) in [6.07, 6.45) is 7.63. The van der Waals surface area contributed by atoms with Crippen molar-refractivity contribution in [3.8, 4) is 0 Å². The van der Waals surface area contributed by atoms with E-state index in [1.54, 1.807) is 6.07 Å². The van der Waals surface area contributed by atoms with E-state index in [1.165, 1.54) is 39.2 Å². The van der Waals surface area contributed by atoms with Gasteiger partial charge in [-0.2, -0.15) is 0 Å². The number of nitrogens with zero attached hydrogens (tertiary/aromatic N) is 1. The van der Waals surface area contributed by atoms with Crippen LogP contribution < -0.4 is 16.6 Å². The van der Waals surface area contributed by atoms with Crippen LogP contribution in [0.15, 0.2) is 16.9 Å². The maximum atomic E-state index is 12.0. The van der Waals surface area contributed by atoms with Gasteiger partial charge in [0.15, 0.2) is 0 Å². The second-order valence-electron chi connectivity index (χ2n) is 6.94. The molecule has 0 unspecified atom stereocenters. The quantitative estimate of drug-likeness (QED) is 0.541. The molecule has 26 heavy (non-hydrogen) atoms. The minimum Gasteiger partial charge on any atom is -0.469 e. The van der Waals surface area contributed by atoms with Gasteiger partial charge in [0.05, 0.1) is 35.9 Å². The maximum Gasteiger partial charge on any atom is 0.311 e. The van der Waals surface area contributed by atoms with Crippen molar-refractivity contribution < 1.29 is 9.53 Å². The number of hydrogen-bond acceptors (Lipinski definition) is 6. The van der Waals surface area contributed by atoms with Crippen LogP contribution in [0.4, 0.5) is 11.4 Å². The third kappa shape index (κ3) is 4.33. The number of nitrogen functional groups attached to an aromatic ring is 1. The summed E-state index contributed by atoms with van der Waals surface area (Å²) in [5.74, 6) is 0.294. The molecule has 4 N–H and O–H groups in total. The Kier molecular flexibility index (Phi) is 5.75. The average molecular weight is 358 g/mol. The molecule has 1 aromatic heterocycles. The number of carbonyl (C=O) groups is 1. The first-order chi connectivity index (χ1) is 12.6. The van der Waals surface area contributed by atoms with Crippen LogP contribution in [-0.2, 0) is 16.0 Å². The summed E-state index contributed by atoms with van der Waals surface area (Å²) in [6.45, 7) is 0.860. The number of ether oxygens (including phenoxy) is 1. The number of nitrogens with one attached hydrogen (secondary N) is 2. The summed E-state index contributed by atoms with van der Waals surface area (Å²) in [7, 11) is 1.28. The molecule has 2 aromatic rings. The highest BCUT2D eigenvalue weighted by atomic mass is 16.5. The summed E-state index contributed by atoms with van der Waals surface area (Å²) >= 11 is 0. The molecule has 1 saturated carbocycles. The van der Waals surface area contributed by atoms with Gasteiger partial charge in [0, 0.05) is 6.54 Å². The Morgan fingerprint density at radius 1 is 1.35 bits per heavy atom. The Balaban J connectivity index is 1.75. The van der Waals surface area contributed by atoms with Crippen LogP contribution in [0.25, 0.3) is 11.0 Å². The van der Waals surface area contributed by atoms with Gasteiger partial charge in [-0.1, -0.05) is 32.1 Å². The molecule has 1 aliphatic rings. The number of anilines is 2. The Hall–Kier alpha value is -2.57. The topological polar surface area (TPSA) is 110 Å². The molecule has 1 heterocycles. The minimum absolute atomic E-state index is 0.141. The van der Waals surface area contributed by atoms with Crippen LogP contribution in [0.5, 0.6) is 0 Å². The molecule has 140 valence electrons. The second-order valence-corrected chi connectivity index (χ2v) is 6.94. The molecular weight excluding hydrogens is 332 g/mol. The molecule has 0 amide bonds. The first kappa shape index (κ1) is 18.2. The lowest BCUT2D eigenvalue weighted by Crippen LogP contribution is -2.19. The van der Waals surface area contributed by atoms with Gasteiger partial charge < -0.3 is 20.8 Å². The number of rotatable bonds is 6. The van der Waals surface area contributed by atoms with Crippen molar-refractivity contribution in [1.82, 2.24) is 9.97 Å². The van der Waals surface area contributed by atoms with Crippen molar-refractivity contribution >= 4 is 28.4 Å². The number of methoxy groups -OCH3 is 1. The zero-order valence-electron chi connectivity index (χ0n) is 15.1. The summed E-state index contributed by atoms with van der Waals surface area (Å²) < 4.78 is 4.61. The van der Waals surface area contributed by atoms with Gasteiger partial charge in [-0.15, -0.1) is 0 Å². The predicted octanol–water partition coefficient (Wildman–Crippen LogP) is 2.60. The molecule has 0 bridgehead atoms. The zero-order valence-corrected chi connectivity index (χ0v) is 15.1. The van der Waals surface area contributed by atoms with Crippen molar-refractivity contribution in [3.05, 3.63) is 28.2 Å². The second kappa shape index (κ2) is 8.21. The fourth-order valence-electron chi connectivity index (χ4n) is 3.56. The first-order valence-electron chi connectivity index (χ1n) is 9.20. The maximum absolute atomic E-state index is 12.0. The van der Waals surface area contributed by atoms with E-state index >= 15 is 0 Å². The fraction of sp³-hybridized carbons (Fsp3) is 0.526. The van der Waals surface area contributed by atoms with Crippen molar-refractivity contribution in [2.45, 2.75) is 44.9 Å². The molecule has 0 aliphatic heterocycles. The predicted molar refractivity (Wildman–Crippen MR) is 102 cm³/mol. The lowest BCUT2D eigenvalue weighted by atomic mass is 9.87. The highest BCUT2D eigenvalue weighted by molar-refractivity contribution is 5.86. The SMILES string of the molecule is COC(=O)Cc1nc2cc(NCCC3CCCCC3)c(N)cc2[nH]c1=O. The van der Waals surface area contributed by atoms with E-state index in [1.807, 2.05) is 6.07 Å². The Labute approximate surface area is 152 Å². The molecule has 0 radical (unpaired) electrons. The third-order valence-electron chi connectivity index (χ3n) is 5.07. The van der Waals surface area contributed by atoms with Crippen molar-refractivity contribution in [2.75, 3.05) is 24.7 Å². The number of esters is 1. The third-order valence-corrected chi connectivity index (χ3v) is 5.07. The first-order valence-corrected chi connectivity index (χ1v) is 9.20. The number of carbonyl (C=O) groups excluding carboxylic acids is 1. The summed E-state index contributed by atoms with van der Waals surface area (Å²) in [5.41, 5.74) is 8.37. The Morgan fingerprint density at radius 2 is 2.12 bits per heavy atom. The van der Waals surface area contributed by atoms with Gasteiger partial charge in [-0.25, -0.2) is 4.98 Å². The van der Waals surface area contributed by atoms with E-state index in [-0.39, 0.29) is 12.1 Å². The average Bonchev–Trinajstić information content (AvgIpc) is 2.64. The number of aromatic amines is 1. The number of fused-ring (bicyclic) bond motifs is 1. The van der Waals surface area contributed by atoms with E-state index in [9.17, 15) is 9.59 Å². The molecule has 1 aromatic carbocycles. The van der Waals surface area contributed by atoms with Gasteiger partial charge in [0.25, 0.3) is 5.56 Å². The van der Waals surface area contributed by atoms with Crippen LogP contribution >= 0.6 is 0 Å². The largest absolute Gasteiger partial charge is 0.469 e. The molecule has 7 heteroatoms. The van der Waals surface area contributed by atoms with Gasteiger partial charge in [0.1, 0.15) is 5.69 Å². The van der Waals surface area contributed by atoms with E-state index in [4.69, 9.17) is 5.73 Å².